The van der Waals surface area contributed by atoms with E-state index in [1.165, 1.54) is 0 Å². The maximum atomic E-state index is 14.0. The molecule has 1 heterocycles. The van der Waals surface area contributed by atoms with Crippen LogP contribution >= 0.6 is 15.9 Å². The lowest BCUT2D eigenvalue weighted by Crippen LogP contribution is -2.46. The van der Waals surface area contributed by atoms with Gasteiger partial charge in [0.15, 0.2) is 0 Å². The lowest BCUT2D eigenvalue weighted by molar-refractivity contribution is 0.190. The van der Waals surface area contributed by atoms with E-state index in [2.05, 4.69) is 46.9 Å². The first-order valence-corrected chi connectivity index (χ1v) is 8.05. The summed E-state index contributed by atoms with van der Waals surface area (Å²) in [6.45, 7) is 10.5. The molecule has 112 valence electrons. The van der Waals surface area contributed by atoms with Crippen molar-refractivity contribution >= 4 is 15.9 Å². The molecule has 2 rings (SSSR count). The summed E-state index contributed by atoms with van der Waals surface area (Å²) in [5.41, 5.74) is 1.00. The van der Waals surface area contributed by atoms with Gasteiger partial charge in [-0.3, -0.25) is 4.90 Å². The molecule has 20 heavy (non-hydrogen) atoms. The van der Waals surface area contributed by atoms with Gasteiger partial charge in [-0.1, -0.05) is 42.8 Å². The van der Waals surface area contributed by atoms with Crippen LogP contribution in [0, 0.1) is 11.2 Å². The Morgan fingerprint density at radius 2 is 2.15 bits per heavy atom. The van der Waals surface area contributed by atoms with Crippen LogP contribution in [0.1, 0.15) is 32.8 Å². The number of hydrogen-bond donors (Lipinski definition) is 1. The number of hydrogen-bond acceptors (Lipinski definition) is 2. The monoisotopic (exact) mass is 342 g/mol. The maximum absolute atomic E-state index is 14.0. The fourth-order valence-electron chi connectivity index (χ4n) is 2.61. The molecule has 1 aliphatic rings. The van der Waals surface area contributed by atoms with E-state index in [0.29, 0.717) is 12.6 Å². The molecule has 1 aromatic carbocycles. The lowest BCUT2D eigenvalue weighted by Gasteiger charge is -2.33. The van der Waals surface area contributed by atoms with Crippen LogP contribution in [0.15, 0.2) is 22.7 Å². The first-order chi connectivity index (χ1) is 9.36. The third-order valence-electron chi connectivity index (χ3n) is 3.94. The predicted molar refractivity (Wildman–Crippen MR) is 85.2 cm³/mol. The van der Waals surface area contributed by atoms with Gasteiger partial charge in [0.2, 0.25) is 0 Å². The number of rotatable bonds is 2. The van der Waals surface area contributed by atoms with Crippen molar-refractivity contribution < 1.29 is 4.39 Å². The molecular weight excluding hydrogens is 319 g/mol. The van der Waals surface area contributed by atoms with E-state index < -0.39 is 0 Å². The molecular formula is C16H24BrFN2. The van der Waals surface area contributed by atoms with Crippen LogP contribution in [-0.2, 0) is 6.54 Å². The van der Waals surface area contributed by atoms with Crippen molar-refractivity contribution in [3.8, 4) is 0 Å². The SMILES string of the molecule is CC(C)(C)C1CN(Cc2ccc(Br)cc2F)CCCN1. The molecule has 0 radical (unpaired) electrons. The van der Waals surface area contributed by atoms with Gasteiger partial charge in [-0.05, 0) is 37.1 Å². The summed E-state index contributed by atoms with van der Waals surface area (Å²) >= 11 is 3.31. The summed E-state index contributed by atoms with van der Waals surface area (Å²) in [5.74, 6) is -0.121. The lowest BCUT2D eigenvalue weighted by atomic mass is 9.86. The quantitative estimate of drug-likeness (QED) is 0.879. The van der Waals surface area contributed by atoms with Gasteiger partial charge in [-0.2, -0.15) is 0 Å². The van der Waals surface area contributed by atoms with E-state index >= 15 is 0 Å². The molecule has 1 aromatic rings. The van der Waals surface area contributed by atoms with Gasteiger partial charge >= 0.3 is 0 Å². The van der Waals surface area contributed by atoms with Crippen LogP contribution in [0.5, 0.6) is 0 Å². The second-order valence-corrected chi connectivity index (χ2v) is 7.61. The van der Waals surface area contributed by atoms with Crippen LogP contribution in [0.3, 0.4) is 0 Å². The van der Waals surface area contributed by atoms with Crippen LogP contribution in [-0.4, -0.2) is 30.6 Å². The van der Waals surface area contributed by atoms with Gasteiger partial charge in [0.1, 0.15) is 5.82 Å². The van der Waals surface area contributed by atoms with E-state index in [0.717, 1.165) is 36.1 Å². The second-order valence-electron chi connectivity index (χ2n) is 6.70. The van der Waals surface area contributed by atoms with Crippen LogP contribution in [0.25, 0.3) is 0 Å². The van der Waals surface area contributed by atoms with Crippen LogP contribution in [0.4, 0.5) is 4.39 Å². The average Bonchev–Trinajstić information content (AvgIpc) is 2.58. The van der Waals surface area contributed by atoms with Crippen molar-refractivity contribution in [3.63, 3.8) is 0 Å². The zero-order valence-electron chi connectivity index (χ0n) is 12.5. The van der Waals surface area contributed by atoms with E-state index in [-0.39, 0.29) is 11.2 Å². The second kappa shape index (κ2) is 6.54. The molecule has 0 aromatic heterocycles. The molecule has 4 heteroatoms. The summed E-state index contributed by atoms with van der Waals surface area (Å²) in [7, 11) is 0. The summed E-state index contributed by atoms with van der Waals surface area (Å²) in [5, 5.41) is 3.62. The minimum atomic E-state index is -0.121. The molecule has 0 amide bonds. The Hall–Kier alpha value is -0.450. The van der Waals surface area contributed by atoms with Gasteiger partial charge in [0, 0.05) is 29.2 Å². The van der Waals surface area contributed by atoms with Gasteiger partial charge in [0.25, 0.3) is 0 Å². The van der Waals surface area contributed by atoms with Crippen molar-refractivity contribution in [1.29, 1.82) is 0 Å². The maximum Gasteiger partial charge on any atom is 0.128 e. The van der Waals surface area contributed by atoms with Crippen LogP contribution < -0.4 is 5.32 Å². The number of halogens is 2. The van der Waals surface area contributed by atoms with Crippen molar-refractivity contribution in [3.05, 3.63) is 34.1 Å². The third kappa shape index (κ3) is 4.27. The molecule has 2 nitrogen and oxygen atoms in total. The van der Waals surface area contributed by atoms with Crippen LogP contribution in [0.2, 0.25) is 0 Å². The third-order valence-corrected chi connectivity index (χ3v) is 4.43. The summed E-state index contributed by atoms with van der Waals surface area (Å²) in [6, 6.07) is 5.79. The Kier molecular flexibility index (Phi) is 5.21. The molecule has 1 unspecified atom stereocenters. The van der Waals surface area contributed by atoms with E-state index in [4.69, 9.17) is 0 Å². The summed E-state index contributed by atoms with van der Waals surface area (Å²) < 4.78 is 14.8. The zero-order valence-corrected chi connectivity index (χ0v) is 14.1. The summed E-state index contributed by atoms with van der Waals surface area (Å²) in [6.07, 6.45) is 1.12. The highest BCUT2D eigenvalue weighted by Gasteiger charge is 2.28. The first kappa shape index (κ1) is 15.9. The topological polar surface area (TPSA) is 15.3 Å². The van der Waals surface area contributed by atoms with Gasteiger partial charge in [-0.25, -0.2) is 4.39 Å². The normalized spacial score (nSPS) is 21.8. The minimum absolute atomic E-state index is 0.121. The molecule has 0 saturated carbocycles. The van der Waals surface area contributed by atoms with Crippen molar-refractivity contribution in [2.75, 3.05) is 19.6 Å². The minimum Gasteiger partial charge on any atom is -0.312 e. The average molecular weight is 343 g/mol. The zero-order chi connectivity index (χ0) is 14.8. The van der Waals surface area contributed by atoms with Crippen molar-refractivity contribution in [2.24, 2.45) is 5.41 Å². The molecule has 1 N–H and O–H groups in total. The van der Waals surface area contributed by atoms with E-state index in [1.807, 2.05) is 12.1 Å². The molecule has 1 fully saturated rings. The number of nitrogens with zero attached hydrogens (tertiary/aromatic N) is 1. The molecule has 1 aliphatic heterocycles. The Morgan fingerprint density at radius 1 is 1.40 bits per heavy atom. The van der Waals surface area contributed by atoms with Gasteiger partial charge in [-0.15, -0.1) is 0 Å². The highest BCUT2D eigenvalue weighted by atomic mass is 79.9. The predicted octanol–water partition coefficient (Wildman–Crippen LogP) is 3.80. The van der Waals surface area contributed by atoms with Gasteiger partial charge in [0.05, 0.1) is 0 Å². The Balaban J connectivity index is 2.07. The Morgan fingerprint density at radius 3 is 2.80 bits per heavy atom. The first-order valence-electron chi connectivity index (χ1n) is 7.26. The molecule has 1 atom stereocenters. The standard InChI is InChI=1S/C16H24BrFN2/c1-16(2,3)15-11-20(8-4-7-19-15)10-12-5-6-13(17)9-14(12)18/h5-6,9,15,19H,4,7-8,10-11H2,1-3H3. The highest BCUT2D eigenvalue weighted by molar-refractivity contribution is 9.10. The Bertz CT molecular complexity index is 456. The Labute approximate surface area is 129 Å². The fraction of sp³-hybridized carbons (Fsp3) is 0.625. The molecule has 1 saturated heterocycles. The van der Waals surface area contributed by atoms with E-state index in [1.54, 1.807) is 6.07 Å². The largest absolute Gasteiger partial charge is 0.312 e. The highest BCUT2D eigenvalue weighted by Crippen LogP contribution is 2.23. The number of nitrogens with one attached hydrogen (secondary N) is 1. The van der Waals surface area contributed by atoms with Gasteiger partial charge < -0.3 is 5.32 Å². The number of benzene rings is 1. The summed E-state index contributed by atoms with van der Waals surface area (Å²) in [4.78, 5) is 2.36. The molecule has 0 bridgehead atoms. The molecule has 0 aliphatic carbocycles. The van der Waals surface area contributed by atoms with Crippen molar-refractivity contribution in [1.82, 2.24) is 10.2 Å². The van der Waals surface area contributed by atoms with Crippen molar-refractivity contribution in [2.45, 2.75) is 39.8 Å². The molecule has 0 spiro atoms. The van der Waals surface area contributed by atoms with E-state index in [9.17, 15) is 4.39 Å². The smallest absolute Gasteiger partial charge is 0.128 e. The fourth-order valence-corrected chi connectivity index (χ4v) is 2.94.